The minimum absolute atomic E-state index is 0.214. The van der Waals surface area contributed by atoms with Crippen LogP contribution in [0, 0.1) is 17.2 Å². The van der Waals surface area contributed by atoms with Gasteiger partial charge in [-0.05, 0) is 18.6 Å². The maximum absolute atomic E-state index is 9.28. The SMILES string of the molecule is CN(c1cnn(C)c1)c1cc(C#N)nc(OC[C@H]2C[C@@H]2c2ccccn2)n1. The fourth-order valence-corrected chi connectivity index (χ4v) is 2.99. The Balaban J connectivity index is 1.46. The molecule has 0 spiro atoms. The quantitative estimate of drug-likeness (QED) is 0.665. The zero-order valence-electron chi connectivity index (χ0n) is 15.1. The van der Waals surface area contributed by atoms with Crippen LogP contribution in [-0.2, 0) is 7.05 Å². The molecular weight excluding hydrogens is 342 g/mol. The third kappa shape index (κ3) is 3.72. The molecular formula is C19H19N7O. The number of ether oxygens (including phenoxy) is 1. The van der Waals surface area contributed by atoms with Gasteiger partial charge in [-0.1, -0.05) is 6.07 Å². The number of nitriles is 1. The van der Waals surface area contributed by atoms with Crippen LogP contribution in [0.25, 0.3) is 0 Å². The third-order valence-electron chi connectivity index (χ3n) is 4.65. The number of aromatic nitrogens is 5. The van der Waals surface area contributed by atoms with Crippen LogP contribution in [-0.4, -0.2) is 38.4 Å². The maximum atomic E-state index is 9.28. The first-order valence-corrected chi connectivity index (χ1v) is 8.69. The molecule has 136 valence electrons. The van der Waals surface area contributed by atoms with Crippen molar-refractivity contribution in [3.8, 4) is 12.1 Å². The van der Waals surface area contributed by atoms with E-state index < -0.39 is 0 Å². The molecule has 0 aromatic carbocycles. The highest BCUT2D eigenvalue weighted by Crippen LogP contribution is 2.46. The predicted octanol–water partition coefficient (Wildman–Crippen LogP) is 2.43. The number of pyridine rings is 1. The van der Waals surface area contributed by atoms with Gasteiger partial charge in [0.15, 0.2) is 0 Å². The van der Waals surface area contributed by atoms with Gasteiger partial charge in [0, 0.05) is 50.1 Å². The summed E-state index contributed by atoms with van der Waals surface area (Å²) in [5.41, 5.74) is 2.22. The number of anilines is 2. The van der Waals surface area contributed by atoms with Crippen molar-refractivity contribution in [2.45, 2.75) is 12.3 Å². The van der Waals surface area contributed by atoms with E-state index in [2.05, 4.69) is 26.1 Å². The lowest BCUT2D eigenvalue weighted by Crippen LogP contribution is -2.13. The molecule has 4 rings (SSSR count). The molecule has 3 aromatic rings. The molecule has 8 nitrogen and oxygen atoms in total. The molecule has 0 aliphatic heterocycles. The maximum Gasteiger partial charge on any atom is 0.319 e. The van der Waals surface area contributed by atoms with Crippen molar-refractivity contribution in [1.82, 2.24) is 24.7 Å². The molecule has 27 heavy (non-hydrogen) atoms. The zero-order chi connectivity index (χ0) is 18.8. The van der Waals surface area contributed by atoms with Gasteiger partial charge in [0.05, 0.1) is 18.5 Å². The molecule has 0 radical (unpaired) electrons. The van der Waals surface area contributed by atoms with Crippen molar-refractivity contribution < 1.29 is 4.74 Å². The third-order valence-corrected chi connectivity index (χ3v) is 4.65. The Kier molecular flexibility index (Phi) is 4.42. The molecule has 1 saturated carbocycles. The van der Waals surface area contributed by atoms with Gasteiger partial charge < -0.3 is 9.64 Å². The fraction of sp³-hybridized carbons (Fsp3) is 0.316. The molecule has 0 saturated heterocycles. The summed E-state index contributed by atoms with van der Waals surface area (Å²) in [6, 6.07) is 9.87. The Hall–Kier alpha value is -3.47. The summed E-state index contributed by atoms with van der Waals surface area (Å²) < 4.78 is 7.52. The Bertz CT molecular complexity index is 979. The standard InChI is InChI=1S/C19H19N7O/c1-25-11-15(10-22-25)26(2)18-8-14(9-20)23-19(24-18)27-12-13-7-16(13)17-5-3-4-6-21-17/h3-6,8,10-11,13,16H,7,12H2,1-2H3/t13-,16+/m1/s1. The molecule has 1 aliphatic carbocycles. The summed E-state index contributed by atoms with van der Waals surface area (Å²) in [5, 5.41) is 13.4. The average molecular weight is 361 g/mol. The second-order valence-corrected chi connectivity index (χ2v) is 6.60. The van der Waals surface area contributed by atoms with E-state index in [1.807, 2.05) is 49.6 Å². The predicted molar refractivity (Wildman–Crippen MR) is 98.6 cm³/mol. The summed E-state index contributed by atoms with van der Waals surface area (Å²) in [6.07, 6.45) is 6.45. The van der Waals surface area contributed by atoms with Crippen LogP contribution in [0.3, 0.4) is 0 Å². The Morgan fingerprint density at radius 1 is 1.37 bits per heavy atom. The van der Waals surface area contributed by atoms with Crippen LogP contribution in [0.4, 0.5) is 11.5 Å². The van der Waals surface area contributed by atoms with E-state index in [9.17, 15) is 5.26 Å². The lowest BCUT2D eigenvalue weighted by atomic mass is 10.2. The van der Waals surface area contributed by atoms with Crippen LogP contribution < -0.4 is 9.64 Å². The van der Waals surface area contributed by atoms with E-state index >= 15 is 0 Å². The fourth-order valence-electron chi connectivity index (χ4n) is 2.99. The van der Waals surface area contributed by atoms with Gasteiger partial charge in [0.1, 0.15) is 17.6 Å². The van der Waals surface area contributed by atoms with Crippen molar-refractivity contribution in [3.05, 3.63) is 54.2 Å². The van der Waals surface area contributed by atoms with Crippen molar-refractivity contribution >= 4 is 11.5 Å². The monoisotopic (exact) mass is 361 g/mol. The van der Waals surface area contributed by atoms with Crippen LogP contribution in [0.15, 0.2) is 42.9 Å². The second-order valence-electron chi connectivity index (χ2n) is 6.60. The summed E-state index contributed by atoms with van der Waals surface area (Å²) in [7, 11) is 3.71. The van der Waals surface area contributed by atoms with E-state index in [0.717, 1.165) is 17.8 Å². The van der Waals surface area contributed by atoms with Gasteiger partial charge in [-0.15, -0.1) is 0 Å². The number of rotatable bonds is 6. The first kappa shape index (κ1) is 17.0. The highest BCUT2D eigenvalue weighted by molar-refractivity contribution is 5.58. The van der Waals surface area contributed by atoms with Gasteiger partial charge in [0.2, 0.25) is 0 Å². The van der Waals surface area contributed by atoms with Gasteiger partial charge in [0.25, 0.3) is 0 Å². The Morgan fingerprint density at radius 3 is 2.96 bits per heavy atom. The first-order valence-electron chi connectivity index (χ1n) is 8.69. The van der Waals surface area contributed by atoms with Gasteiger partial charge in [-0.2, -0.15) is 20.3 Å². The molecule has 1 fully saturated rings. The first-order chi connectivity index (χ1) is 13.1. The number of hydrogen-bond acceptors (Lipinski definition) is 7. The van der Waals surface area contributed by atoms with Gasteiger partial charge in [-0.3, -0.25) is 9.67 Å². The molecule has 0 unspecified atom stereocenters. The topological polar surface area (TPSA) is 92.8 Å². The minimum Gasteiger partial charge on any atom is -0.463 e. The second kappa shape index (κ2) is 7.03. The lowest BCUT2D eigenvalue weighted by molar-refractivity contribution is 0.273. The number of aryl methyl sites for hydroxylation is 1. The smallest absolute Gasteiger partial charge is 0.319 e. The molecule has 1 aliphatic rings. The number of nitrogens with zero attached hydrogens (tertiary/aromatic N) is 7. The highest BCUT2D eigenvalue weighted by atomic mass is 16.5. The van der Waals surface area contributed by atoms with Crippen LogP contribution in [0.5, 0.6) is 6.01 Å². The lowest BCUT2D eigenvalue weighted by Gasteiger charge is -2.16. The zero-order valence-corrected chi connectivity index (χ0v) is 15.1. The van der Waals surface area contributed by atoms with Crippen molar-refractivity contribution in [3.63, 3.8) is 0 Å². The van der Waals surface area contributed by atoms with Crippen molar-refractivity contribution in [2.24, 2.45) is 13.0 Å². The normalized spacial score (nSPS) is 18.0. The Labute approximate surface area is 157 Å². The number of hydrogen-bond donors (Lipinski definition) is 0. The van der Waals surface area contributed by atoms with Crippen molar-refractivity contribution in [1.29, 1.82) is 5.26 Å². The summed E-state index contributed by atoms with van der Waals surface area (Å²) in [5.74, 6) is 1.40. The van der Waals surface area contributed by atoms with E-state index in [-0.39, 0.29) is 11.7 Å². The van der Waals surface area contributed by atoms with Crippen molar-refractivity contribution in [2.75, 3.05) is 18.6 Å². The largest absolute Gasteiger partial charge is 0.463 e. The molecule has 3 heterocycles. The van der Waals surface area contributed by atoms with Crippen LogP contribution >= 0.6 is 0 Å². The summed E-state index contributed by atoms with van der Waals surface area (Å²) >= 11 is 0. The summed E-state index contributed by atoms with van der Waals surface area (Å²) in [4.78, 5) is 14.9. The summed E-state index contributed by atoms with van der Waals surface area (Å²) in [6.45, 7) is 0.506. The molecule has 0 N–H and O–H groups in total. The molecule has 3 aromatic heterocycles. The highest BCUT2D eigenvalue weighted by Gasteiger charge is 2.40. The van der Waals surface area contributed by atoms with E-state index in [0.29, 0.717) is 24.3 Å². The van der Waals surface area contributed by atoms with E-state index in [1.165, 1.54) is 0 Å². The average Bonchev–Trinajstić information content (AvgIpc) is 3.37. The van der Waals surface area contributed by atoms with E-state index in [4.69, 9.17) is 4.74 Å². The molecule has 0 bridgehead atoms. The van der Waals surface area contributed by atoms with E-state index in [1.54, 1.807) is 16.9 Å². The van der Waals surface area contributed by atoms with Crippen LogP contribution in [0.2, 0.25) is 0 Å². The van der Waals surface area contributed by atoms with Gasteiger partial charge in [-0.25, -0.2) is 0 Å². The molecule has 2 atom stereocenters. The van der Waals surface area contributed by atoms with Gasteiger partial charge >= 0.3 is 6.01 Å². The minimum atomic E-state index is 0.214. The molecule has 8 heteroatoms. The van der Waals surface area contributed by atoms with Crippen LogP contribution in [0.1, 0.15) is 23.7 Å². The Morgan fingerprint density at radius 2 is 2.26 bits per heavy atom. The molecule has 0 amide bonds.